The number of hydrogen-bond donors (Lipinski definition) is 1. The minimum Gasteiger partial charge on any atom is -0.466 e. The van der Waals surface area contributed by atoms with Gasteiger partial charge in [0.05, 0.1) is 7.11 Å². The third kappa shape index (κ3) is 3.87. The molecule has 3 nitrogen and oxygen atoms in total. The molecule has 1 fully saturated rings. The smallest absolute Gasteiger partial charge is 0.331 e. The normalized spacial score (nSPS) is 26.0. The number of carbonyl (C=O) groups excluding carboxylic acids is 1. The second-order valence-electron chi connectivity index (χ2n) is 4.82. The molecule has 0 heterocycles. The Morgan fingerprint density at radius 2 is 2.06 bits per heavy atom. The molecule has 1 aliphatic rings. The van der Waals surface area contributed by atoms with Gasteiger partial charge in [-0.3, -0.25) is 0 Å². The fourth-order valence-electron chi connectivity index (χ4n) is 2.47. The molecular weight excluding hydrogens is 202 g/mol. The lowest BCUT2D eigenvalue weighted by atomic mass is 9.78. The van der Waals surface area contributed by atoms with Gasteiger partial charge in [0, 0.05) is 18.3 Å². The molecule has 0 aromatic carbocycles. The van der Waals surface area contributed by atoms with Crippen LogP contribution < -0.4 is 5.32 Å². The lowest BCUT2D eigenvalue weighted by Crippen LogP contribution is -2.38. The SMILES string of the molecule is COC(=O)/C=C/NC1CCCCC1C(C)C. The zero-order valence-electron chi connectivity index (χ0n) is 10.5. The van der Waals surface area contributed by atoms with E-state index >= 15 is 0 Å². The maximum absolute atomic E-state index is 10.9. The maximum atomic E-state index is 10.9. The molecule has 0 amide bonds. The minimum absolute atomic E-state index is 0.301. The highest BCUT2D eigenvalue weighted by atomic mass is 16.5. The largest absolute Gasteiger partial charge is 0.466 e. The second kappa shape index (κ2) is 6.56. The Labute approximate surface area is 98.2 Å². The van der Waals surface area contributed by atoms with Crippen LogP contribution in [0.5, 0.6) is 0 Å². The molecule has 1 rings (SSSR count). The van der Waals surface area contributed by atoms with E-state index in [4.69, 9.17) is 0 Å². The van der Waals surface area contributed by atoms with Crippen LogP contribution in [0, 0.1) is 11.8 Å². The zero-order chi connectivity index (χ0) is 12.0. The zero-order valence-corrected chi connectivity index (χ0v) is 10.5. The van der Waals surface area contributed by atoms with Crippen LogP contribution in [0.25, 0.3) is 0 Å². The van der Waals surface area contributed by atoms with Gasteiger partial charge in [-0.25, -0.2) is 4.79 Å². The van der Waals surface area contributed by atoms with Crippen molar-refractivity contribution in [1.29, 1.82) is 0 Å². The van der Waals surface area contributed by atoms with Crippen LogP contribution in [0.4, 0.5) is 0 Å². The lowest BCUT2D eigenvalue weighted by molar-refractivity contribution is -0.134. The Balaban J connectivity index is 2.44. The first-order chi connectivity index (χ1) is 7.65. The van der Waals surface area contributed by atoms with Gasteiger partial charge in [0.15, 0.2) is 0 Å². The fourth-order valence-corrected chi connectivity index (χ4v) is 2.47. The molecule has 1 saturated carbocycles. The summed E-state index contributed by atoms with van der Waals surface area (Å²) in [4.78, 5) is 10.9. The maximum Gasteiger partial charge on any atom is 0.331 e. The van der Waals surface area contributed by atoms with Gasteiger partial charge < -0.3 is 10.1 Å². The average Bonchev–Trinajstić information content (AvgIpc) is 2.29. The third-order valence-corrected chi connectivity index (χ3v) is 3.41. The second-order valence-corrected chi connectivity index (χ2v) is 4.82. The predicted molar refractivity (Wildman–Crippen MR) is 64.9 cm³/mol. The lowest BCUT2D eigenvalue weighted by Gasteiger charge is -2.34. The van der Waals surface area contributed by atoms with Crippen molar-refractivity contribution in [1.82, 2.24) is 5.32 Å². The molecule has 92 valence electrons. The monoisotopic (exact) mass is 225 g/mol. The predicted octanol–water partition coefficient (Wildman–Crippen LogP) is 2.48. The minimum atomic E-state index is -0.301. The van der Waals surface area contributed by atoms with Crippen LogP contribution in [-0.2, 0) is 9.53 Å². The van der Waals surface area contributed by atoms with Gasteiger partial charge in [-0.2, -0.15) is 0 Å². The average molecular weight is 225 g/mol. The van der Waals surface area contributed by atoms with Crippen molar-refractivity contribution in [2.45, 2.75) is 45.6 Å². The van der Waals surface area contributed by atoms with E-state index in [0.29, 0.717) is 12.0 Å². The van der Waals surface area contributed by atoms with Gasteiger partial charge >= 0.3 is 5.97 Å². The first-order valence-electron chi connectivity index (χ1n) is 6.15. The van der Waals surface area contributed by atoms with E-state index in [1.54, 1.807) is 6.20 Å². The van der Waals surface area contributed by atoms with Crippen molar-refractivity contribution in [3.05, 3.63) is 12.3 Å². The summed E-state index contributed by atoms with van der Waals surface area (Å²) >= 11 is 0. The van der Waals surface area contributed by atoms with Crippen LogP contribution >= 0.6 is 0 Å². The van der Waals surface area contributed by atoms with Crippen molar-refractivity contribution in [2.75, 3.05) is 7.11 Å². The van der Waals surface area contributed by atoms with E-state index in [1.165, 1.54) is 38.9 Å². The summed E-state index contributed by atoms with van der Waals surface area (Å²) in [5.74, 6) is 1.12. The summed E-state index contributed by atoms with van der Waals surface area (Å²) in [6, 6.07) is 0.509. The summed E-state index contributed by atoms with van der Waals surface area (Å²) in [6.45, 7) is 4.55. The molecule has 1 aliphatic carbocycles. The molecule has 16 heavy (non-hydrogen) atoms. The highest BCUT2D eigenvalue weighted by Gasteiger charge is 2.26. The molecule has 0 aromatic rings. The molecule has 0 aromatic heterocycles. The van der Waals surface area contributed by atoms with Crippen LogP contribution in [0.3, 0.4) is 0 Å². The van der Waals surface area contributed by atoms with Crippen LogP contribution in [0.15, 0.2) is 12.3 Å². The van der Waals surface area contributed by atoms with Gasteiger partial charge in [-0.15, -0.1) is 0 Å². The van der Waals surface area contributed by atoms with Crippen molar-refractivity contribution in [3.63, 3.8) is 0 Å². The number of methoxy groups -OCH3 is 1. The summed E-state index contributed by atoms with van der Waals surface area (Å²) in [6.07, 6.45) is 8.30. The molecule has 1 N–H and O–H groups in total. The number of nitrogens with one attached hydrogen (secondary N) is 1. The number of hydrogen-bond acceptors (Lipinski definition) is 3. The highest BCUT2D eigenvalue weighted by Crippen LogP contribution is 2.30. The molecule has 0 spiro atoms. The molecule has 2 unspecified atom stereocenters. The topological polar surface area (TPSA) is 38.3 Å². The van der Waals surface area contributed by atoms with E-state index in [9.17, 15) is 4.79 Å². The molecular formula is C13H23NO2. The summed E-state index contributed by atoms with van der Waals surface area (Å²) in [5.41, 5.74) is 0. The quantitative estimate of drug-likeness (QED) is 0.590. The molecule has 2 atom stereocenters. The fraction of sp³-hybridized carbons (Fsp3) is 0.769. The van der Waals surface area contributed by atoms with E-state index in [2.05, 4.69) is 23.9 Å². The summed E-state index contributed by atoms with van der Waals surface area (Å²) in [7, 11) is 1.39. The summed E-state index contributed by atoms with van der Waals surface area (Å²) < 4.78 is 4.55. The van der Waals surface area contributed by atoms with Gasteiger partial charge in [-0.1, -0.05) is 26.7 Å². The number of ether oxygens (including phenoxy) is 1. The Kier molecular flexibility index (Phi) is 5.36. The number of esters is 1. The van der Waals surface area contributed by atoms with Crippen molar-refractivity contribution in [3.8, 4) is 0 Å². The molecule has 0 saturated heterocycles. The van der Waals surface area contributed by atoms with E-state index in [-0.39, 0.29) is 5.97 Å². The molecule has 0 radical (unpaired) electrons. The Bertz CT molecular complexity index is 248. The Morgan fingerprint density at radius 3 is 2.69 bits per heavy atom. The first kappa shape index (κ1) is 13.1. The number of rotatable bonds is 4. The number of carbonyl (C=O) groups is 1. The van der Waals surface area contributed by atoms with E-state index < -0.39 is 0 Å². The Hall–Kier alpha value is -0.990. The molecule has 0 aliphatic heterocycles. The van der Waals surface area contributed by atoms with Crippen molar-refractivity contribution >= 4 is 5.97 Å². The third-order valence-electron chi connectivity index (χ3n) is 3.41. The van der Waals surface area contributed by atoms with Gasteiger partial charge in [0.25, 0.3) is 0 Å². The van der Waals surface area contributed by atoms with E-state index in [1.807, 2.05) is 0 Å². The van der Waals surface area contributed by atoms with Crippen LogP contribution in [0.1, 0.15) is 39.5 Å². The van der Waals surface area contributed by atoms with Crippen molar-refractivity contribution in [2.24, 2.45) is 11.8 Å². The van der Waals surface area contributed by atoms with Gasteiger partial charge in [0.2, 0.25) is 0 Å². The van der Waals surface area contributed by atoms with Crippen LogP contribution in [0.2, 0.25) is 0 Å². The molecule has 3 heteroatoms. The van der Waals surface area contributed by atoms with Crippen LogP contribution in [-0.4, -0.2) is 19.1 Å². The Morgan fingerprint density at radius 1 is 1.38 bits per heavy atom. The standard InChI is InChI=1S/C13H23NO2/c1-10(2)11-6-4-5-7-12(11)14-9-8-13(15)16-3/h8-12,14H,4-7H2,1-3H3/b9-8+. The van der Waals surface area contributed by atoms with Crippen molar-refractivity contribution < 1.29 is 9.53 Å². The van der Waals surface area contributed by atoms with Gasteiger partial charge in [0.1, 0.15) is 0 Å². The molecule has 0 bridgehead atoms. The summed E-state index contributed by atoms with van der Waals surface area (Å²) in [5, 5.41) is 3.34. The highest BCUT2D eigenvalue weighted by molar-refractivity contribution is 5.81. The first-order valence-corrected chi connectivity index (χ1v) is 6.15. The van der Waals surface area contributed by atoms with E-state index in [0.717, 1.165) is 5.92 Å². The van der Waals surface area contributed by atoms with Gasteiger partial charge in [-0.05, 0) is 24.7 Å².